The van der Waals surface area contributed by atoms with Crippen LogP contribution in [0, 0.1) is 24.0 Å². The third-order valence-corrected chi connectivity index (χ3v) is 3.77. The third-order valence-electron chi connectivity index (χ3n) is 3.57. The molecule has 0 aliphatic heterocycles. The van der Waals surface area contributed by atoms with Crippen molar-refractivity contribution in [2.24, 2.45) is 0 Å². The second-order valence-corrected chi connectivity index (χ2v) is 5.73. The van der Waals surface area contributed by atoms with Crippen molar-refractivity contribution < 1.29 is 14.5 Å². The van der Waals surface area contributed by atoms with Crippen molar-refractivity contribution in [1.82, 2.24) is 5.32 Å². The minimum absolute atomic E-state index is 0.0390. The summed E-state index contributed by atoms with van der Waals surface area (Å²) >= 11 is 5.14. The van der Waals surface area contributed by atoms with Crippen molar-refractivity contribution in [2.75, 3.05) is 12.4 Å². The molecule has 0 radical (unpaired) electrons. The van der Waals surface area contributed by atoms with Crippen LogP contribution in [0.2, 0.25) is 0 Å². The molecule has 0 saturated carbocycles. The van der Waals surface area contributed by atoms with Gasteiger partial charge in [0.15, 0.2) is 5.11 Å². The number of anilines is 1. The van der Waals surface area contributed by atoms with E-state index in [4.69, 9.17) is 17.0 Å². The van der Waals surface area contributed by atoms with Crippen LogP contribution in [-0.2, 0) is 0 Å². The highest BCUT2D eigenvalue weighted by Crippen LogP contribution is 2.23. The van der Waals surface area contributed by atoms with E-state index in [1.807, 2.05) is 13.0 Å². The summed E-state index contributed by atoms with van der Waals surface area (Å²) in [5.41, 5.74) is 2.32. The molecule has 0 aromatic heterocycles. The molecule has 2 aromatic carbocycles. The second kappa shape index (κ2) is 7.71. The molecule has 2 N–H and O–H groups in total. The number of hydrogen-bond acceptors (Lipinski definition) is 5. The van der Waals surface area contributed by atoms with Gasteiger partial charge in [0.25, 0.3) is 11.6 Å². The number of thiocarbonyl (C=S) groups is 1. The van der Waals surface area contributed by atoms with Crippen LogP contribution in [0.25, 0.3) is 0 Å². The van der Waals surface area contributed by atoms with Crippen molar-refractivity contribution in [2.45, 2.75) is 13.8 Å². The predicted molar refractivity (Wildman–Crippen MR) is 99.3 cm³/mol. The number of para-hydroxylation sites is 1. The quantitative estimate of drug-likeness (QED) is 0.494. The molecule has 0 atom stereocenters. The molecule has 0 aliphatic rings. The number of amides is 1. The van der Waals surface area contributed by atoms with Crippen LogP contribution in [0.5, 0.6) is 5.75 Å². The topological polar surface area (TPSA) is 93.5 Å². The molecule has 0 unspecified atom stereocenters. The summed E-state index contributed by atoms with van der Waals surface area (Å²) in [5, 5.41) is 16.3. The molecule has 25 heavy (non-hydrogen) atoms. The van der Waals surface area contributed by atoms with Gasteiger partial charge in [0.05, 0.1) is 17.6 Å². The minimum Gasteiger partial charge on any atom is -0.496 e. The van der Waals surface area contributed by atoms with Gasteiger partial charge in [0, 0.05) is 17.8 Å². The summed E-state index contributed by atoms with van der Waals surface area (Å²) in [6.07, 6.45) is 0. The summed E-state index contributed by atoms with van der Waals surface area (Å²) in [5.74, 6) is 0.0375. The number of aryl methyl sites for hydroxylation is 2. The fraction of sp³-hybridized carbons (Fsp3) is 0.176. The maximum absolute atomic E-state index is 12.4. The number of non-ortho nitro benzene ring substituents is 1. The van der Waals surface area contributed by atoms with Gasteiger partial charge in [-0.15, -0.1) is 0 Å². The molecular weight excluding hydrogens is 342 g/mol. The Morgan fingerprint density at radius 1 is 1.20 bits per heavy atom. The normalized spacial score (nSPS) is 10.0. The Hall–Kier alpha value is -3.00. The number of nitrogens with zero attached hydrogens (tertiary/aromatic N) is 1. The average Bonchev–Trinajstić information content (AvgIpc) is 2.56. The van der Waals surface area contributed by atoms with E-state index in [0.29, 0.717) is 17.0 Å². The third kappa shape index (κ3) is 4.30. The number of nitro benzene ring substituents is 1. The average molecular weight is 359 g/mol. The number of carbonyl (C=O) groups is 1. The van der Waals surface area contributed by atoms with Crippen molar-refractivity contribution >= 4 is 34.6 Å². The maximum atomic E-state index is 12.4. The van der Waals surface area contributed by atoms with Gasteiger partial charge in [-0.2, -0.15) is 0 Å². The SMILES string of the molecule is COc1c(C)cccc1C(=O)NC(=S)Nc1cc([N+](=O)[O-])ccc1C. The highest BCUT2D eigenvalue weighted by Gasteiger charge is 2.16. The number of benzene rings is 2. The number of nitrogens with one attached hydrogen (secondary N) is 2. The first-order chi connectivity index (χ1) is 11.8. The zero-order chi connectivity index (χ0) is 18.6. The molecule has 130 valence electrons. The minimum atomic E-state index is -0.496. The number of nitro groups is 1. The second-order valence-electron chi connectivity index (χ2n) is 5.32. The van der Waals surface area contributed by atoms with E-state index in [2.05, 4.69) is 10.6 Å². The van der Waals surface area contributed by atoms with Crippen molar-refractivity contribution in [1.29, 1.82) is 0 Å². The Morgan fingerprint density at radius 3 is 2.56 bits per heavy atom. The summed E-state index contributed by atoms with van der Waals surface area (Å²) < 4.78 is 5.26. The van der Waals surface area contributed by atoms with Gasteiger partial charge in [-0.3, -0.25) is 20.2 Å². The predicted octanol–water partition coefficient (Wildman–Crippen LogP) is 3.35. The lowest BCUT2D eigenvalue weighted by molar-refractivity contribution is -0.384. The Bertz CT molecular complexity index is 852. The van der Waals surface area contributed by atoms with Crippen molar-refractivity contribution in [3.63, 3.8) is 0 Å². The number of methoxy groups -OCH3 is 1. The summed E-state index contributed by atoms with van der Waals surface area (Å²) in [7, 11) is 1.49. The molecule has 0 spiro atoms. The molecule has 0 saturated heterocycles. The standard InChI is InChI=1S/C17H17N3O4S/c1-10-7-8-12(20(22)23)9-14(10)18-17(25)19-16(21)13-6-4-5-11(2)15(13)24-3/h4-9H,1-3H3,(H2,18,19,21,25). The van der Waals surface area contributed by atoms with Gasteiger partial charge in [0.2, 0.25) is 0 Å². The molecule has 0 fully saturated rings. The Morgan fingerprint density at radius 2 is 1.92 bits per heavy atom. The lowest BCUT2D eigenvalue weighted by Gasteiger charge is -2.14. The Kier molecular flexibility index (Phi) is 5.66. The van der Waals surface area contributed by atoms with Crippen molar-refractivity contribution in [3.8, 4) is 5.75 Å². The molecule has 0 heterocycles. The van der Waals surface area contributed by atoms with Gasteiger partial charge >= 0.3 is 0 Å². The Balaban J connectivity index is 2.16. The van der Waals surface area contributed by atoms with Crippen LogP contribution in [0.1, 0.15) is 21.5 Å². The fourth-order valence-corrected chi connectivity index (χ4v) is 2.49. The first-order valence-electron chi connectivity index (χ1n) is 7.34. The zero-order valence-electron chi connectivity index (χ0n) is 14.0. The Labute approximate surface area is 150 Å². The molecule has 8 heteroatoms. The van der Waals surface area contributed by atoms with E-state index in [1.165, 1.54) is 19.2 Å². The van der Waals surface area contributed by atoms with Crippen LogP contribution < -0.4 is 15.4 Å². The number of rotatable bonds is 4. The monoisotopic (exact) mass is 359 g/mol. The summed E-state index contributed by atoms with van der Waals surface area (Å²) in [6.45, 7) is 3.61. The summed E-state index contributed by atoms with van der Waals surface area (Å²) in [4.78, 5) is 22.8. The molecular formula is C17H17N3O4S. The van der Waals surface area contributed by atoms with Gasteiger partial charge in [-0.1, -0.05) is 18.2 Å². The zero-order valence-corrected chi connectivity index (χ0v) is 14.8. The molecule has 7 nitrogen and oxygen atoms in total. The van der Waals surface area contributed by atoms with Gasteiger partial charge in [0.1, 0.15) is 5.75 Å². The molecule has 1 amide bonds. The van der Waals surface area contributed by atoms with Crippen LogP contribution in [0.15, 0.2) is 36.4 Å². The highest BCUT2D eigenvalue weighted by atomic mass is 32.1. The molecule has 0 bridgehead atoms. The van der Waals surface area contributed by atoms with Gasteiger partial charge in [-0.05, 0) is 43.3 Å². The van der Waals surface area contributed by atoms with Crippen LogP contribution in [0.3, 0.4) is 0 Å². The number of carbonyl (C=O) groups excluding carboxylic acids is 1. The van der Waals surface area contributed by atoms with Crippen molar-refractivity contribution in [3.05, 3.63) is 63.2 Å². The van der Waals surface area contributed by atoms with E-state index in [-0.39, 0.29) is 10.8 Å². The first kappa shape index (κ1) is 18.3. The highest BCUT2D eigenvalue weighted by molar-refractivity contribution is 7.80. The lowest BCUT2D eigenvalue weighted by Crippen LogP contribution is -2.34. The lowest BCUT2D eigenvalue weighted by atomic mass is 10.1. The maximum Gasteiger partial charge on any atom is 0.271 e. The van der Waals surface area contributed by atoms with E-state index < -0.39 is 10.8 Å². The van der Waals surface area contributed by atoms with Crippen LogP contribution >= 0.6 is 12.2 Å². The van der Waals surface area contributed by atoms with Crippen LogP contribution in [-0.4, -0.2) is 23.1 Å². The van der Waals surface area contributed by atoms with E-state index in [9.17, 15) is 14.9 Å². The number of hydrogen-bond donors (Lipinski definition) is 2. The number of ether oxygens (including phenoxy) is 1. The van der Waals surface area contributed by atoms with E-state index >= 15 is 0 Å². The van der Waals surface area contributed by atoms with E-state index in [0.717, 1.165) is 11.1 Å². The van der Waals surface area contributed by atoms with E-state index in [1.54, 1.807) is 25.1 Å². The van der Waals surface area contributed by atoms with Gasteiger partial charge in [-0.25, -0.2) is 0 Å². The molecule has 0 aliphatic carbocycles. The molecule has 2 aromatic rings. The first-order valence-corrected chi connectivity index (χ1v) is 7.75. The van der Waals surface area contributed by atoms with Crippen LogP contribution in [0.4, 0.5) is 11.4 Å². The summed E-state index contributed by atoms with van der Waals surface area (Å²) in [6, 6.07) is 9.57. The largest absolute Gasteiger partial charge is 0.496 e. The smallest absolute Gasteiger partial charge is 0.271 e. The fourth-order valence-electron chi connectivity index (χ4n) is 2.28. The molecule has 2 rings (SSSR count). The van der Waals surface area contributed by atoms with Gasteiger partial charge < -0.3 is 10.1 Å².